The molecule has 0 spiro atoms. The van der Waals surface area contributed by atoms with Gasteiger partial charge in [-0.25, -0.2) is 4.98 Å². The quantitative estimate of drug-likeness (QED) is 0.586. The number of hydrogen-bond donors (Lipinski definition) is 2. The third-order valence-electron chi connectivity index (χ3n) is 4.34. The number of aryl methyl sites for hydroxylation is 1. The van der Waals surface area contributed by atoms with Crippen LogP contribution in [0.5, 0.6) is 5.75 Å². The van der Waals surface area contributed by atoms with Gasteiger partial charge in [0.1, 0.15) is 11.6 Å². The highest BCUT2D eigenvalue weighted by atomic mass is 16.3. The van der Waals surface area contributed by atoms with Crippen LogP contribution in [0.15, 0.2) is 72.8 Å². The molecule has 4 rings (SSSR count). The van der Waals surface area contributed by atoms with Crippen molar-refractivity contribution in [2.75, 3.05) is 5.32 Å². The number of fused-ring (bicyclic) bond motifs is 1. The lowest BCUT2D eigenvalue weighted by atomic mass is 10.1. The average Bonchev–Trinajstić information content (AvgIpc) is 3.00. The summed E-state index contributed by atoms with van der Waals surface area (Å²) >= 11 is 0. The second kappa shape index (κ2) is 6.37. The number of anilines is 1. The first kappa shape index (κ1) is 15.9. The van der Waals surface area contributed by atoms with Crippen molar-refractivity contribution in [2.24, 2.45) is 7.05 Å². The first-order valence-electron chi connectivity index (χ1n) is 8.25. The number of phenolic OH excluding ortho intramolecular Hbond substituents is 1. The fraction of sp³-hybridized carbons (Fsp3) is 0.0476. The minimum absolute atomic E-state index is 0.0404. The molecule has 2 N–H and O–H groups in total. The number of carbonyl (C=O) groups excluding carboxylic acids is 1. The highest BCUT2D eigenvalue weighted by Gasteiger charge is 2.12. The Kier molecular flexibility index (Phi) is 3.89. The van der Waals surface area contributed by atoms with Crippen molar-refractivity contribution in [3.63, 3.8) is 0 Å². The minimum atomic E-state index is -0.349. The summed E-state index contributed by atoms with van der Waals surface area (Å²) in [6, 6.07) is 21.9. The van der Waals surface area contributed by atoms with Gasteiger partial charge in [0.05, 0.1) is 16.6 Å². The van der Waals surface area contributed by atoms with E-state index in [9.17, 15) is 9.90 Å². The number of hydrogen-bond acceptors (Lipinski definition) is 3. The number of para-hydroxylation sites is 3. The van der Waals surface area contributed by atoms with Crippen LogP contribution in [0.4, 0.5) is 5.69 Å². The molecule has 4 aromatic rings. The van der Waals surface area contributed by atoms with Gasteiger partial charge in [-0.2, -0.15) is 0 Å². The molecular weight excluding hydrogens is 326 g/mol. The number of amides is 1. The van der Waals surface area contributed by atoms with Crippen LogP contribution in [0.2, 0.25) is 0 Å². The highest BCUT2D eigenvalue weighted by Crippen LogP contribution is 2.25. The Bertz CT molecular complexity index is 1100. The van der Waals surface area contributed by atoms with Crippen LogP contribution in [0, 0.1) is 0 Å². The van der Waals surface area contributed by atoms with Crippen LogP contribution in [0.1, 0.15) is 10.4 Å². The normalized spacial score (nSPS) is 10.8. The third-order valence-corrected chi connectivity index (χ3v) is 4.34. The molecule has 0 unspecified atom stereocenters. The molecule has 0 aliphatic carbocycles. The number of benzene rings is 3. The lowest BCUT2D eigenvalue weighted by molar-refractivity contribution is 0.102. The number of aromatic hydroxyl groups is 1. The zero-order valence-corrected chi connectivity index (χ0v) is 14.2. The molecule has 26 heavy (non-hydrogen) atoms. The number of rotatable bonds is 3. The number of carbonyl (C=O) groups is 1. The second-order valence-corrected chi connectivity index (χ2v) is 6.03. The molecule has 0 atom stereocenters. The maximum atomic E-state index is 12.3. The van der Waals surface area contributed by atoms with E-state index < -0.39 is 0 Å². The zero-order valence-electron chi connectivity index (χ0n) is 14.2. The summed E-state index contributed by atoms with van der Waals surface area (Å²) in [5.74, 6) is 0.477. The second-order valence-electron chi connectivity index (χ2n) is 6.03. The molecule has 1 amide bonds. The van der Waals surface area contributed by atoms with Crippen molar-refractivity contribution in [3.8, 4) is 17.1 Å². The van der Waals surface area contributed by atoms with Gasteiger partial charge in [0.2, 0.25) is 0 Å². The van der Waals surface area contributed by atoms with Crippen LogP contribution in [-0.4, -0.2) is 20.6 Å². The van der Waals surface area contributed by atoms with Gasteiger partial charge in [0.15, 0.2) is 0 Å². The van der Waals surface area contributed by atoms with Crippen molar-refractivity contribution in [1.82, 2.24) is 9.55 Å². The Morgan fingerprint density at radius 2 is 1.65 bits per heavy atom. The van der Waals surface area contributed by atoms with E-state index in [0.717, 1.165) is 22.4 Å². The van der Waals surface area contributed by atoms with Crippen LogP contribution in [-0.2, 0) is 7.05 Å². The average molecular weight is 343 g/mol. The van der Waals surface area contributed by atoms with Gasteiger partial charge < -0.3 is 15.0 Å². The monoisotopic (exact) mass is 343 g/mol. The summed E-state index contributed by atoms with van der Waals surface area (Å²) in [6.45, 7) is 0. The minimum Gasteiger partial charge on any atom is -0.507 e. The Morgan fingerprint density at radius 1 is 0.962 bits per heavy atom. The summed E-state index contributed by atoms with van der Waals surface area (Å²) in [6.07, 6.45) is 0. The fourth-order valence-corrected chi connectivity index (χ4v) is 2.97. The molecule has 0 aliphatic rings. The Morgan fingerprint density at radius 3 is 2.38 bits per heavy atom. The predicted octanol–water partition coefficient (Wildman–Crippen LogP) is 4.20. The molecule has 0 saturated heterocycles. The Hall–Kier alpha value is -3.60. The molecule has 5 heteroatoms. The van der Waals surface area contributed by atoms with E-state index in [2.05, 4.69) is 10.3 Å². The van der Waals surface area contributed by atoms with Gasteiger partial charge in [-0.3, -0.25) is 4.79 Å². The van der Waals surface area contributed by atoms with Crippen molar-refractivity contribution >= 4 is 22.6 Å². The smallest absolute Gasteiger partial charge is 0.259 e. The number of imidazole rings is 1. The maximum absolute atomic E-state index is 12.3. The number of nitrogens with one attached hydrogen (secondary N) is 1. The number of nitrogens with zero attached hydrogens (tertiary/aromatic N) is 2. The van der Waals surface area contributed by atoms with Crippen LogP contribution in [0.25, 0.3) is 22.4 Å². The Balaban J connectivity index is 1.59. The van der Waals surface area contributed by atoms with Gasteiger partial charge in [-0.15, -0.1) is 0 Å². The maximum Gasteiger partial charge on any atom is 0.259 e. The Labute approximate surface area is 150 Å². The third kappa shape index (κ3) is 2.80. The van der Waals surface area contributed by atoms with Gasteiger partial charge in [0.25, 0.3) is 5.91 Å². The molecular formula is C21H17N3O2. The van der Waals surface area contributed by atoms with E-state index in [4.69, 9.17) is 0 Å². The fourth-order valence-electron chi connectivity index (χ4n) is 2.97. The summed E-state index contributed by atoms with van der Waals surface area (Å²) in [5.41, 5.74) is 3.87. The van der Waals surface area contributed by atoms with Gasteiger partial charge in [-0.1, -0.05) is 24.3 Å². The molecule has 0 saturated carbocycles. The van der Waals surface area contributed by atoms with Crippen molar-refractivity contribution in [2.45, 2.75) is 0 Å². The van der Waals surface area contributed by atoms with Gasteiger partial charge in [-0.05, 0) is 48.5 Å². The van der Waals surface area contributed by atoms with Crippen LogP contribution in [0.3, 0.4) is 0 Å². The molecule has 0 radical (unpaired) electrons. The molecule has 1 aromatic heterocycles. The SMILES string of the molecule is Cn1c(-c2ccc(NC(=O)c3ccccc3O)cc2)nc2ccccc21. The van der Waals surface area contributed by atoms with E-state index in [1.807, 2.05) is 60.1 Å². The highest BCUT2D eigenvalue weighted by molar-refractivity contribution is 6.06. The van der Waals surface area contributed by atoms with E-state index >= 15 is 0 Å². The summed E-state index contributed by atoms with van der Waals surface area (Å²) in [4.78, 5) is 16.9. The molecule has 1 heterocycles. The zero-order chi connectivity index (χ0) is 18.1. The van der Waals surface area contributed by atoms with E-state index in [-0.39, 0.29) is 17.2 Å². The van der Waals surface area contributed by atoms with E-state index in [1.54, 1.807) is 18.2 Å². The molecule has 0 fully saturated rings. The van der Waals surface area contributed by atoms with E-state index in [0.29, 0.717) is 5.69 Å². The largest absolute Gasteiger partial charge is 0.507 e. The van der Waals surface area contributed by atoms with Crippen LogP contribution < -0.4 is 5.32 Å². The van der Waals surface area contributed by atoms with Gasteiger partial charge >= 0.3 is 0 Å². The van der Waals surface area contributed by atoms with Gasteiger partial charge in [0, 0.05) is 18.3 Å². The van der Waals surface area contributed by atoms with E-state index in [1.165, 1.54) is 6.07 Å². The molecule has 128 valence electrons. The molecule has 3 aromatic carbocycles. The van der Waals surface area contributed by atoms with Crippen LogP contribution >= 0.6 is 0 Å². The number of aromatic nitrogens is 2. The number of phenols is 1. The van der Waals surface area contributed by atoms with Crippen molar-refractivity contribution in [1.29, 1.82) is 0 Å². The lowest BCUT2D eigenvalue weighted by Gasteiger charge is -2.08. The first-order chi connectivity index (χ1) is 12.6. The summed E-state index contributed by atoms with van der Waals surface area (Å²) in [7, 11) is 1.98. The first-order valence-corrected chi connectivity index (χ1v) is 8.25. The summed E-state index contributed by atoms with van der Waals surface area (Å²) in [5, 5.41) is 12.6. The summed E-state index contributed by atoms with van der Waals surface area (Å²) < 4.78 is 2.05. The molecule has 5 nitrogen and oxygen atoms in total. The molecule has 0 bridgehead atoms. The van der Waals surface area contributed by atoms with Crippen molar-refractivity contribution < 1.29 is 9.90 Å². The topological polar surface area (TPSA) is 67.2 Å². The lowest BCUT2D eigenvalue weighted by Crippen LogP contribution is -2.11. The molecule has 0 aliphatic heterocycles. The predicted molar refractivity (Wildman–Crippen MR) is 102 cm³/mol. The standard InChI is InChI=1S/C21H17N3O2/c1-24-18-8-4-3-7-17(18)23-20(24)14-10-12-15(13-11-14)22-21(26)16-6-2-5-9-19(16)25/h2-13,25H,1H3,(H,22,26). The van der Waals surface area contributed by atoms with Crippen molar-refractivity contribution in [3.05, 3.63) is 78.4 Å².